The fourth-order valence-corrected chi connectivity index (χ4v) is 1.33. The van der Waals surface area contributed by atoms with Gasteiger partial charge in [-0.25, -0.2) is 13.8 Å². The van der Waals surface area contributed by atoms with Crippen LogP contribution in [-0.4, -0.2) is 41.8 Å². The van der Waals surface area contributed by atoms with Gasteiger partial charge in [0, 0.05) is 12.6 Å². The maximum atomic E-state index is 12.5. The molecule has 19 heavy (non-hydrogen) atoms. The molecule has 0 fully saturated rings. The van der Waals surface area contributed by atoms with E-state index in [-0.39, 0.29) is 12.2 Å². The van der Waals surface area contributed by atoms with Crippen molar-refractivity contribution in [2.45, 2.75) is 24.9 Å². The van der Waals surface area contributed by atoms with Crippen molar-refractivity contribution in [2.75, 3.05) is 18.9 Å². The molecule has 0 aliphatic rings. The van der Waals surface area contributed by atoms with E-state index < -0.39 is 31.7 Å². The summed E-state index contributed by atoms with van der Waals surface area (Å²) >= 11 is 0. The number of aliphatic hydroxyl groups is 1. The molecule has 4 nitrogen and oxygen atoms in total. The Bertz CT molecular complexity index is 404. The van der Waals surface area contributed by atoms with E-state index in [4.69, 9.17) is 5.73 Å². The number of nitrogens with zero attached hydrogens (tertiary/aromatic N) is 1. The molecule has 0 spiro atoms. The molecule has 8 heteroatoms. The van der Waals surface area contributed by atoms with Gasteiger partial charge in [-0.15, -0.1) is 0 Å². The number of hydrogen-bond donors (Lipinski definition) is 2. The molecule has 0 radical (unpaired) electrons. The van der Waals surface area contributed by atoms with Crippen molar-refractivity contribution in [1.29, 1.82) is 0 Å². The molecule has 0 aromatic carbocycles. The SMILES string of the molecule is Nc1ncccc1CC(O)COCC(F)(F)C(F)F. The third-order valence-corrected chi connectivity index (χ3v) is 2.31. The van der Waals surface area contributed by atoms with Crippen LogP contribution in [-0.2, 0) is 11.2 Å². The second-order valence-electron chi connectivity index (χ2n) is 3.98. The lowest BCUT2D eigenvalue weighted by Gasteiger charge is -2.17. The van der Waals surface area contributed by atoms with Gasteiger partial charge < -0.3 is 15.6 Å². The molecule has 0 amide bonds. The Kier molecular flexibility index (Phi) is 5.49. The van der Waals surface area contributed by atoms with Gasteiger partial charge in [0.15, 0.2) is 0 Å². The first-order valence-electron chi connectivity index (χ1n) is 5.44. The fourth-order valence-electron chi connectivity index (χ4n) is 1.33. The zero-order valence-electron chi connectivity index (χ0n) is 9.90. The lowest BCUT2D eigenvalue weighted by molar-refractivity contribution is -0.170. The van der Waals surface area contributed by atoms with E-state index in [1.165, 1.54) is 6.20 Å². The van der Waals surface area contributed by atoms with Gasteiger partial charge in [0.05, 0.1) is 12.7 Å². The number of ether oxygens (including phenoxy) is 1. The molecule has 0 bridgehead atoms. The molecule has 3 N–H and O–H groups in total. The molecule has 1 rings (SSSR count). The summed E-state index contributed by atoms with van der Waals surface area (Å²) in [6, 6.07) is 3.21. The van der Waals surface area contributed by atoms with Crippen molar-refractivity contribution in [3.8, 4) is 0 Å². The van der Waals surface area contributed by atoms with Crippen molar-refractivity contribution < 1.29 is 27.4 Å². The largest absolute Gasteiger partial charge is 0.390 e. The number of anilines is 1. The average molecular weight is 282 g/mol. The summed E-state index contributed by atoms with van der Waals surface area (Å²) in [5.74, 6) is -4.01. The lowest BCUT2D eigenvalue weighted by Crippen LogP contribution is -2.34. The second-order valence-corrected chi connectivity index (χ2v) is 3.98. The topological polar surface area (TPSA) is 68.4 Å². The molecule has 108 valence electrons. The van der Waals surface area contributed by atoms with Crippen LogP contribution in [0.25, 0.3) is 0 Å². The van der Waals surface area contributed by atoms with Crippen molar-refractivity contribution in [3.63, 3.8) is 0 Å². The number of pyridine rings is 1. The number of rotatable bonds is 7. The zero-order valence-corrected chi connectivity index (χ0v) is 9.90. The minimum Gasteiger partial charge on any atom is -0.390 e. The van der Waals surface area contributed by atoms with Crippen LogP contribution in [0.5, 0.6) is 0 Å². The van der Waals surface area contributed by atoms with Crippen LogP contribution in [0.1, 0.15) is 5.56 Å². The van der Waals surface area contributed by atoms with E-state index in [0.29, 0.717) is 5.56 Å². The number of hydrogen-bond acceptors (Lipinski definition) is 4. The predicted octanol–water partition coefficient (Wildman–Crippen LogP) is 1.48. The molecule has 1 aromatic heterocycles. The summed E-state index contributed by atoms with van der Waals surface area (Å²) in [6.07, 6.45) is -3.41. The summed E-state index contributed by atoms with van der Waals surface area (Å²) in [6.45, 7) is -1.93. The van der Waals surface area contributed by atoms with E-state index in [2.05, 4.69) is 9.72 Å². The molecule has 1 heterocycles. The summed E-state index contributed by atoms with van der Waals surface area (Å²) in [7, 11) is 0. The first-order chi connectivity index (χ1) is 8.83. The fraction of sp³-hybridized carbons (Fsp3) is 0.545. The smallest absolute Gasteiger partial charge is 0.330 e. The van der Waals surface area contributed by atoms with Crippen LogP contribution in [0.15, 0.2) is 18.3 Å². The quantitative estimate of drug-likeness (QED) is 0.743. The second kappa shape index (κ2) is 6.67. The van der Waals surface area contributed by atoms with Gasteiger partial charge >= 0.3 is 12.3 Å². The maximum Gasteiger partial charge on any atom is 0.330 e. The van der Waals surface area contributed by atoms with E-state index in [0.717, 1.165) is 0 Å². The Morgan fingerprint density at radius 1 is 1.42 bits per heavy atom. The molecule has 0 aliphatic heterocycles. The van der Waals surface area contributed by atoms with Crippen molar-refractivity contribution in [3.05, 3.63) is 23.9 Å². The molecule has 0 aliphatic carbocycles. The van der Waals surface area contributed by atoms with Gasteiger partial charge in [0.25, 0.3) is 0 Å². The minimum absolute atomic E-state index is 0.0416. The Balaban J connectivity index is 2.37. The summed E-state index contributed by atoms with van der Waals surface area (Å²) < 4.78 is 53.0. The number of aromatic nitrogens is 1. The number of nitrogen functional groups attached to an aromatic ring is 1. The Morgan fingerprint density at radius 2 is 2.11 bits per heavy atom. The van der Waals surface area contributed by atoms with Crippen LogP contribution >= 0.6 is 0 Å². The highest BCUT2D eigenvalue weighted by molar-refractivity contribution is 5.38. The number of halogens is 4. The predicted molar refractivity (Wildman–Crippen MR) is 60.1 cm³/mol. The van der Waals surface area contributed by atoms with E-state index in [9.17, 15) is 22.7 Å². The van der Waals surface area contributed by atoms with Gasteiger partial charge in [-0.3, -0.25) is 0 Å². The van der Waals surface area contributed by atoms with Crippen LogP contribution in [0.2, 0.25) is 0 Å². The van der Waals surface area contributed by atoms with E-state index >= 15 is 0 Å². The summed E-state index contributed by atoms with van der Waals surface area (Å²) in [4.78, 5) is 3.78. The summed E-state index contributed by atoms with van der Waals surface area (Å²) in [5.41, 5.74) is 6.05. The molecule has 0 saturated carbocycles. The highest BCUT2D eigenvalue weighted by Crippen LogP contribution is 2.23. The van der Waals surface area contributed by atoms with Gasteiger partial charge in [-0.2, -0.15) is 8.78 Å². The van der Waals surface area contributed by atoms with E-state index in [1.807, 2.05) is 0 Å². The monoisotopic (exact) mass is 282 g/mol. The first-order valence-corrected chi connectivity index (χ1v) is 5.44. The Morgan fingerprint density at radius 3 is 2.68 bits per heavy atom. The van der Waals surface area contributed by atoms with Gasteiger partial charge in [0.2, 0.25) is 0 Å². The van der Waals surface area contributed by atoms with Crippen molar-refractivity contribution >= 4 is 5.82 Å². The van der Waals surface area contributed by atoms with E-state index in [1.54, 1.807) is 12.1 Å². The van der Waals surface area contributed by atoms with Crippen molar-refractivity contribution in [2.24, 2.45) is 0 Å². The average Bonchev–Trinajstić information content (AvgIpc) is 2.31. The standard InChI is InChI=1S/C11H14F4N2O2/c12-10(13)11(14,15)6-19-5-8(18)4-7-2-1-3-17-9(7)16/h1-3,8,10,18H,4-6H2,(H2,16,17). The van der Waals surface area contributed by atoms with Gasteiger partial charge in [-0.1, -0.05) is 6.07 Å². The molecule has 0 saturated heterocycles. The van der Waals surface area contributed by atoms with Crippen molar-refractivity contribution in [1.82, 2.24) is 4.98 Å². The molecule has 1 atom stereocenters. The number of nitrogens with two attached hydrogens (primary N) is 1. The molecular weight excluding hydrogens is 268 g/mol. The number of alkyl halides is 4. The maximum absolute atomic E-state index is 12.5. The zero-order chi connectivity index (χ0) is 14.5. The highest BCUT2D eigenvalue weighted by Gasteiger charge is 2.41. The van der Waals surface area contributed by atoms with Crippen LogP contribution in [0, 0.1) is 0 Å². The Hall–Kier alpha value is -1.41. The highest BCUT2D eigenvalue weighted by atomic mass is 19.3. The lowest BCUT2D eigenvalue weighted by atomic mass is 10.1. The normalized spacial score (nSPS) is 13.8. The van der Waals surface area contributed by atoms with Gasteiger partial charge in [0.1, 0.15) is 12.4 Å². The van der Waals surface area contributed by atoms with Crippen LogP contribution in [0.4, 0.5) is 23.4 Å². The van der Waals surface area contributed by atoms with Crippen LogP contribution in [0.3, 0.4) is 0 Å². The molecule has 1 unspecified atom stereocenters. The molecular formula is C11H14F4N2O2. The summed E-state index contributed by atoms with van der Waals surface area (Å²) in [5, 5.41) is 9.52. The number of aliphatic hydroxyl groups excluding tert-OH is 1. The van der Waals surface area contributed by atoms with Crippen LogP contribution < -0.4 is 5.73 Å². The minimum atomic E-state index is -4.22. The Labute approximate surface area is 107 Å². The third-order valence-electron chi connectivity index (χ3n) is 2.31. The van der Waals surface area contributed by atoms with Gasteiger partial charge in [-0.05, 0) is 11.6 Å². The molecule has 1 aromatic rings. The third kappa shape index (κ3) is 4.99. The first kappa shape index (κ1) is 15.6.